The van der Waals surface area contributed by atoms with Crippen molar-refractivity contribution in [3.63, 3.8) is 0 Å². The van der Waals surface area contributed by atoms with Crippen molar-refractivity contribution in [3.05, 3.63) is 53.5 Å². The lowest BCUT2D eigenvalue weighted by atomic mass is 10.2. The molecule has 0 saturated carbocycles. The van der Waals surface area contributed by atoms with Gasteiger partial charge >= 0.3 is 0 Å². The molecule has 6 heteroatoms. The average Bonchev–Trinajstić information content (AvgIpc) is 3.26. The summed E-state index contributed by atoms with van der Waals surface area (Å²) >= 11 is 0. The fourth-order valence-electron chi connectivity index (χ4n) is 3.90. The van der Waals surface area contributed by atoms with E-state index < -0.39 is 0 Å². The molecule has 1 amide bonds. The Hall–Kier alpha value is -2.63. The second-order valence-electron chi connectivity index (χ2n) is 6.85. The standard InChI is InChI=1S/C19H23N5O/c1-13-12-22(3)19(20-13)15-7-6-10-24(15)18(25)11-16-14(2)21-17-8-4-5-9-23(16)17/h4-5,8-9,12,15H,6-7,10-11H2,1-3H3/t15-/m0/s1. The topological polar surface area (TPSA) is 55.4 Å². The Morgan fingerprint density at radius 1 is 1.28 bits per heavy atom. The van der Waals surface area contributed by atoms with Crippen molar-refractivity contribution in [2.24, 2.45) is 7.05 Å². The van der Waals surface area contributed by atoms with Gasteiger partial charge in [-0.25, -0.2) is 9.97 Å². The van der Waals surface area contributed by atoms with Crippen LogP contribution in [0.1, 0.15) is 41.8 Å². The van der Waals surface area contributed by atoms with E-state index in [4.69, 9.17) is 0 Å². The van der Waals surface area contributed by atoms with Gasteiger partial charge in [-0.2, -0.15) is 0 Å². The molecule has 1 aliphatic rings. The van der Waals surface area contributed by atoms with E-state index in [1.807, 2.05) is 65.4 Å². The van der Waals surface area contributed by atoms with E-state index in [0.717, 1.165) is 47.9 Å². The molecule has 25 heavy (non-hydrogen) atoms. The Labute approximate surface area is 147 Å². The molecule has 130 valence electrons. The molecule has 1 aliphatic heterocycles. The van der Waals surface area contributed by atoms with Crippen LogP contribution in [0.4, 0.5) is 0 Å². The summed E-state index contributed by atoms with van der Waals surface area (Å²) in [6.07, 6.45) is 6.36. The van der Waals surface area contributed by atoms with Crippen LogP contribution in [0.3, 0.4) is 0 Å². The number of aromatic nitrogens is 4. The van der Waals surface area contributed by atoms with Gasteiger partial charge in [0.2, 0.25) is 5.91 Å². The van der Waals surface area contributed by atoms with Crippen molar-refractivity contribution in [2.75, 3.05) is 6.54 Å². The minimum atomic E-state index is 0.0747. The van der Waals surface area contributed by atoms with Crippen LogP contribution in [0.15, 0.2) is 30.6 Å². The van der Waals surface area contributed by atoms with Crippen LogP contribution < -0.4 is 0 Å². The molecule has 0 bridgehead atoms. The third-order valence-corrected chi connectivity index (χ3v) is 5.05. The van der Waals surface area contributed by atoms with Gasteiger partial charge in [0.25, 0.3) is 0 Å². The number of hydrogen-bond acceptors (Lipinski definition) is 3. The van der Waals surface area contributed by atoms with Gasteiger partial charge in [-0.1, -0.05) is 6.07 Å². The lowest BCUT2D eigenvalue weighted by molar-refractivity contribution is -0.131. The first-order valence-corrected chi connectivity index (χ1v) is 8.76. The summed E-state index contributed by atoms with van der Waals surface area (Å²) in [6.45, 7) is 4.76. The molecule has 6 nitrogen and oxygen atoms in total. The van der Waals surface area contributed by atoms with Gasteiger partial charge in [0.05, 0.1) is 29.5 Å². The molecule has 1 atom stereocenters. The predicted molar refractivity (Wildman–Crippen MR) is 95.3 cm³/mol. The van der Waals surface area contributed by atoms with E-state index in [9.17, 15) is 4.79 Å². The van der Waals surface area contributed by atoms with Crippen molar-refractivity contribution in [1.29, 1.82) is 0 Å². The van der Waals surface area contributed by atoms with E-state index >= 15 is 0 Å². The summed E-state index contributed by atoms with van der Waals surface area (Å²) in [5, 5.41) is 0. The summed E-state index contributed by atoms with van der Waals surface area (Å²) < 4.78 is 4.06. The van der Waals surface area contributed by atoms with E-state index in [0.29, 0.717) is 6.42 Å². The van der Waals surface area contributed by atoms with Crippen molar-refractivity contribution < 1.29 is 4.79 Å². The zero-order valence-electron chi connectivity index (χ0n) is 14.9. The fourth-order valence-corrected chi connectivity index (χ4v) is 3.90. The predicted octanol–water partition coefficient (Wildman–Crippen LogP) is 2.59. The molecule has 0 unspecified atom stereocenters. The number of amides is 1. The lowest BCUT2D eigenvalue weighted by Crippen LogP contribution is -2.33. The molecule has 1 saturated heterocycles. The summed E-state index contributed by atoms with van der Waals surface area (Å²) in [6, 6.07) is 5.98. The Morgan fingerprint density at radius 2 is 2.12 bits per heavy atom. The Bertz CT molecular complexity index is 939. The van der Waals surface area contributed by atoms with Gasteiger partial charge in [0, 0.05) is 26.0 Å². The zero-order valence-corrected chi connectivity index (χ0v) is 14.9. The van der Waals surface area contributed by atoms with Gasteiger partial charge in [0.15, 0.2) is 0 Å². The summed E-state index contributed by atoms with van der Waals surface area (Å²) in [5.74, 6) is 1.13. The quantitative estimate of drug-likeness (QED) is 0.738. The minimum absolute atomic E-state index is 0.0747. The van der Waals surface area contributed by atoms with E-state index in [2.05, 4.69) is 9.97 Å². The molecule has 0 radical (unpaired) electrons. The number of nitrogens with zero attached hydrogens (tertiary/aromatic N) is 5. The lowest BCUT2D eigenvalue weighted by Gasteiger charge is -2.24. The molecular weight excluding hydrogens is 314 g/mol. The van der Waals surface area contributed by atoms with Crippen molar-refractivity contribution in [2.45, 2.75) is 39.2 Å². The van der Waals surface area contributed by atoms with E-state index in [1.54, 1.807) is 0 Å². The number of imidazole rings is 2. The number of hydrogen-bond donors (Lipinski definition) is 0. The zero-order chi connectivity index (χ0) is 17.6. The molecule has 3 aromatic heterocycles. The number of aryl methyl sites for hydroxylation is 3. The van der Waals surface area contributed by atoms with Crippen LogP contribution in [0.5, 0.6) is 0 Å². The summed E-state index contributed by atoms with van der Waals surface area (Å²) in [4.78, 5) is 24.3. The number of carbonyl (C=O) groups is 1. The second-order valence-corrected chi connectivity index (χ2v) is 6.85. The molecule has 3 aromatic rings. The highest BCUT2D eigenvalue weighted by Crippen LogP contribution is 2.31. The molecule has 1 fully saturated rings. The highest BCUT2D eigenvalue weighted by Gasteiger charge is 2.33. The third kappa shape index (κ3) is 2.71. The van der Waals surface area contributed by atoms with Crippen molar-refractivity contribution >= 4 is 11.6 Å². The first kappa shape index (κ1) is 15.9. The molecule has 4 rings (SSSR count). The van der Waals surface area contributed by atoms with Crippen LogP contribution in [0.2, 0.25) is 0 Å². The maximum atomic E-state index is 13.1. The van der Waals surface area contributed by atoms with Gasteiger partial charge in [0.1, 0.15) is 11.5 Å². The molecule has 0 spiro atoms. The van der Waals surface area contributed by atoms with Crippen LogP contribution >= 0.6 is 0 Å². The number of fused-ring (bicyclic) bond motifs is 1. The minimum Gasteiger partial charge on any atom is -0.336 e. The number of likely N-dealkylation sites (tertiary alicyclic amines) is 1. The van der Waals surface area contributed by atoms with Gasteiger partial charge in [-0.3, -0.25) is 4.79 Å². The highest BCUT2D eigenvalue weighted by atomic mass is 16.2. The Morgan fingerprint density at radius 3 is 2.88 bits per heavy atom. The van der Waals surface area contributed by atoms with Gasteiger partial charge < -0.3 is 13.9 Å². The first-order valence-electron chi connectivity index (χ1n) is 8.76. The average molecular weight is 337 g/mol. The Balaban J connectivity index is 1.61. The van der Waals surface area contributed by atoms with Crippen LogP contribution in [0, 0.1) is 13.8 Å². The summed E-state index contributed by atoms with van der Waals surface area (Å²) in [7, 11) is 2.00. The maximum Gasteiger partial charge on any atom is 0.229 e. The SMILES string of the molecule is Cc1cn(C)c([C@@H]2CCCN2C(=O)Cc2c(C)nc3ccccn23)n1. The number of carbonyl (C=O) groups excluding carboxylic acids is 1. The molecule has 4 heterocycles. The van der Waals surface area contributed by atoms with Crippen LogP contribution in [-0.4, -0.2) is 36.3 Å². The van der Waals surface area contributed by atoms with Crippen molar-refractivity contribution in [1.82, 2.24) is 23.8 Å². The van der Waals surface area contributed by atoms with E-state index in [1.165, 1.54) is 0 Å². The smallest absolute Gasteiger partial charge is 0.229 e. The molecule has 0 aromatic carbocycles. The number of rotatable bonds is 3. The molecule has 0 aliphatic carbocycles. The molecular formula is C19H23N5O. The van der Waals surface area contributed by atoms with E-state index in [-0.39, 0.29) is 11.9 Å². The first-order chi connectivity index (χ1) is 12.0. The maximum absolute atomic E-state index is 13.1. The third-order valence-electron chi connectivity index (χ3n) is 5.05. The van der Waals surface area contributed by atoms with Crippen LogP contribution in [-0.2, 0) is 18.3 Å². The fraction of sp³-hybridized carbons (Fsp3) is 0.421. The summed E-state index contributed by atoms with van der Waals surface area (Å²) in [5.41, 5.74) is 3.78. The largest absolute Gasteiger partial charge is 0.336 e. The molecule has 0 N–H and O–H groups in total. The number of pyridine rings is 1. The highest BCUT2D eigenvalue weighted by molar-refractivity contribution is 5.79. The Kier molecular flexibility index (Phi) is 3.82. The van der Waals surface area contributed by atoms with Gasteiger partial charge in [-0.05, 0) is 38.8 Å². The second kappa shape index (κ2) is 6.02. The van der Waals surface area contributed by atoms with Crippen LogP contribution in [0.25, 0.3) is 5.65 Å². The monoisotopic (exact) mass is 337 g/mol. The van der Waals surface area contributed by atoms with Gasteiger partial charge in [-0.15, -0.1) is 0 Å². The van der Waals surface area contributed by atoms with Crippen molar-refractivity contribution in [3.8, 4) is 0 Å². The normalized spacial score (nSPS) is 17.6.